The number of nitrogens with one attached hydrogen (secondary N) is 2. The summed E-state index contributed by atoms with van der Waals surface area (Å²) in [5.74, 6) is 1.24. The van der Waals surface area contributed by atoms with Crippen molar-refractivity contribution in [3.63, 3.8) is 0 Å². The van der Waals surface area contributed by atoms with Crippen LogP contribution in [0.4, 0.5) is 11.8 Å². The minimum absolute atomic E-state index is 0.537. The fourth-order valence-corrected chi connectivity index (χ4v) is 2.18. The summed E-state index contributed by atoms with van der Waals surface area (Å²) in [6, 6.07) is 2.20. The lowest BCUT2D eigenvalue weighted by atomic mass is 10.3. The fraction of sp³-hybridized carbons (Fsp3) is 0.643. The first-order valence-electron chi connectivity index (χ1n) is 7.10. The molecule has 1 heterocycles. The molecule has 0 amide bonds. The number of hydrogen-bond acceptors (Lipinski definition) is 6. The van der Waals surface area contributed by atoms with E-state index in [0.29, 0.717) is 17.3 Å². The third kappa shape index (κ3) is 4.89. The molecule has 0 aromatic carbocycles. The van der Waals surface area contributed by atoms with Gasteiger partial charge in [0.1, 0.15) is 16.7 Å². The fourth-order valence-electron chi connectivity index (χ4n) is 1.66. The summed E-state index contributed by atoms with van der Waals surface area (Å²) in [7, 11) is 0. The summed E-state index contributed by atoms with van der Waals surface area (Å²) in [4.78, 5) is 8.83. The van der Waals surface area contributed by atoms with E-state index in [1.807, 2.05) is 6.26 Å². The van der Waals surface area contributed by atoms with E-state index in [4.69, 9.17) is 0 Å². The molecule has 2 N–H and O–H groups in total. The summed E-state index contributed by atoms with van der Waals surface area (Å²) in [5.41, 5.74) is 0.537. The lowest BCUT2D eigenvalue weighted by Crippen LogP contribution is -2.11. The Morgan fingerprint density at radius 3 is 2.30 bits per heavy atom. The number of nitriles is 1. The smallest absolute Gasteiger partial charge is 0.225 e. The lowest BCUT2D eigenvalue weighted by Gasteiger charge is -2.12. The van der Waals surface area contributed by atoms with Crippen LogP contribution in [0.3, 0.4) is 0 Å². The highest BCUT2D eigenvalue weighted by Crippen LogP contribution is 2.25. The molecule has 20 heavy (non-hydrogen) atoms. The SMILES string of the molecule is CCCCNc1nc(NCCCC)c(C#N)c(SC)n1. The molecular weight excluding hydrogens is 270 g/mol. The molecule has 0 radical (unpaired) electrons. The van der Waals surface area contributed by atoms with E-state index >= 15 is 0 Å². The number of unbranched alkanes of at least 4 members (excludes halogenated alkanes) is 2. The maximum Gasteiger partial charge on any atom is 0.225 e. The topological polar surface area (TPSA) is 73.6 Å². The third-order valence-corrected chi connectivity index (χ3v) is 3.50. The van der Waals surface area contributed by atoms with Crippen molar-refractivity contribution in [1.82, 2.24) is 9.97 Å². The van der Waals surface area contributed by atoms with Crippen LogP contribution in [-0.2, 0) is 0 Å². The molecule has 0 unspecified atom stereocenters. The van der Waals surface area contributed by atoms with Crippen molar-refractivity contribution in [1.29, 1.82) is 5.26 Å². The van der Waals surface area contributed by atoms with Crippen LogP contribution in [0.15, 0.2) is 5.03 Å². The Kier molecular flexibility index (Phi) is 7.81. The summed E-state index contributed by atoms with van der Waals surface area (Å²) in [6.07, 6.45) is 6.30. The van der Waals surface area contributed by atoms with Gasteiger partial charge in [0.05, 0.1) is 0 Å². The van der Waals surface area contributed by atoms with Gasteiger partial charge in [-0.3, -0.25) is 0 Å². The largest absolute Gasteiger partial charge is 0.369 e. The van der Waals surface area contributed by atoms with Gasteiger partial charge in [0.15, 0.2) is 5.82 Å². The standard InChI is InChI=1S/C14H23N5S/c1-4-6-8-16-12-11(10-15)13(20-3)19-14(18-12)17-9-7-5-2/h4-9H2,1-3H3,(H2,16,17,18,19). The van der Waals surface area contributed by atoms with Crippen LogP contribution in [0.25, 0.3) is 0 Å². The predicted octanol–water partition coefficient (Wildman–Crippen LogP) is 3.49. The molecule has 0 aliphatic carbocycles. The Morgan fingerprint density at radius 2 is 1.75 bits per heavy atom. The van der Waals surface area contributed by atoms with Gasteiger partial charge in [-0.1, -0.05) is 26.7 Å². The van der Waals surface area contributed by atoms with Gasteiger partial charge in [0.2, 0.25) is 5.95 Å². The number of rotatable bonds is 9. The average Bonchev–Trinajstić information content (AvgIpc) is 2.47. The van der Waals surface area contributed by atoms with Gasteiger partial charge >= 0.3 is 0 Å². The summed E-state index contributed by atoms with van der Waals surface area (Å²) in [6.45, 7) is 5.96. The number of nitrogens with zero attached hydrogens (tertiary/aromatic N) is 3. The molecule has 1 aromatic rings. The van der Waals surface area contributed by atoms with Crippen LogP contribution >= 0.6 is 11.8 Å². The maximum absolute atomic E-state index is 9.29. The second-order valence-corrected chi connectivity index (χ2v) is 5.25. The number of anilines is 2. The van der Waals surface area contributed by atoms with Gasteiger partial charge in [-0.2, -0.15) is 10.2 Å². The van der Waals surface area contributed by atoms with Gasteiger partial charge < -0.3 is 10.6 Å². The molecule has 0 saturated heterocycles. The molecule has 0 aliphatic heterocycles. The minimum Gasteiger partial charge on any atom is -0.369 e. The number of hydrogen-bond donors (Lipinski definition) is 2. The molecule has 0 atom stereocenters. The third-order valence-electron chi connectivity index (χ3n) is 2.82. The average molecular weight is 293 g/mol. The summed E-state index contributed by atoms with van der Waals surface area (Å²) >= 11 is 1.47. The predicted molar refractivity (Wildman–Crippen MR) is 85.3 cm³/mol. The molecular formula is C14H23N5S. The monoisotopic (exact) mass is 293 g/mol. The first-order valence-corrected chi connectivity index (χ1v) is 8.33. The highest BCUT2D eigenvalue weighted by Gasteiger charge is 2.13. The second-order valence-electron chi connectivity index (χ2n) is 4.45. The van der Waals surface area contributed by atoms with Crippen LogP contribution in [0.1, 0.15) is 45.1 Å². The Labute approximate surface area is 125 Å². The quantitative estimate of drug-likeness (QED) is 0.412. The van der Waals surface area contributed by atoms with Gasteiger partial charge in [-0.15, -0.1) is 11.8 Å². The molecule has 0 spiro atoms. The normalized spacial score (nSPS) is 10.1. The zero-order valence-corrected chi connectivity index (χ0v) is 13.3. The van der Waals surface area contributed by atoms with Crippen molar-refractivity contribution in [3.8, 4) is 6.07 Å². The first-order chi connectivity index (χ1) is 9.76. The second kappa shape index (κ2) is 9.43. The van der Waals surface area contributed by atoms with Crippen molar-refractivity contribution < 1.29 is 0 Å². The van der Waals surface area contributed by atoms with Crippen LogP contribution in [-0.4, -0.2) is 29.3 Å². The summed E-state index contributed by atoms with van der Waals surface area (Å²) in [5, 5.41) is 16.5. The van der Waals surface area contributed by atoms with Gasteiger partial charge in [0.25, 0.3) is 0 Å². The van der Waals surface area contributed by atoms with Crippen molar-refractivity contribution in [2.75, 3.05) is 30.0 Å². The van der Waals surface area contributed by atoms with Crippen LogP contribution in [0.5, 0.6) is 0 Å². The zero-order chi connectivity index (χ0) is 14.8. The van der Waals surface area contributed by atoms with E-state index in [0.717, 1.165) is 43.8 Å². The number of aromatic nitrogens is 2. The van der Waals surface area contributed by atoms with E-state index in [2.05, 4.69) is 40.5 Å². The Hall–Kier alpha value is -1.48. The molecule has 0 bridgehead atoms. The molecule has 0 saturated carbocycles. The van der Waals surface area contributed by atoms with E-state index in [1.54, 1.807) is 0 Å². The highest BCUT2D eigenvalue weighted by atomic mass is 32.2. The molecule has 6 heteroatoms. The van der Waals surface area contributed by atoms with E-state index < -0.39 is 0 Å². The van der Waals surface area contributed by atoms with E-state index in [1.165, 1.54) is 11.8 Å². The van der Waals surface area contributed by atoms with Crippen molar-refractivity contribution in [2.45, 2.75) is 44.6 Å². The van der Waals surface area contributed by atoms with Gasteiger partial charge in [-0.25, -0.2) is 4.98 Å². The van der Waals surface area contributed by atoms with Crippen molar-refractivity contribution in [2.24, 2.45) is 0 Å². The Balaban J connectivity index is 2.92. The number of thioether (sulfide) groups is 1. The molecule has 1 rings (SSSR count). The maximum atomic E-state index is 9.29. The van der Waals surface area contributed by atoms with Gasteiger partial charge in [0, 0.05) is 13.1 Å². The van der Waals surface area contributed by atoms with Crippen molar-refractivity contribution in [3.05, 3.63) is 5.56 Å². The Bertz CT molecular complexity index is 456. The minimum atomic E-state index is 0.537. The zero-order valence-electron chi connectivity index (χ0n) is 12.5. The first kappa shape index (κ1) is 16.6. The molecule has 5 nitrogen and oxygen atoms in total. The van der Waals surface area contributed by atoms with Gasteiger partial charge in [-0.05, 0) is 19.1 Å². The molecule has 1 aromatic heterocycles. The molecule has 0 aliphatic rings. The van der Waals surface area contributed by atoms with Crippen molar-refractivity contribution >= 4 is 23.5 Å². The molecule has 0 fully saturated rings. The highest BCUT2D eigenvalue weighted by molar-refractivity contribution is 7.98. The summed E-state index contributed by atoms with van der Waals surface area (Å²) < 4.78 is 0. The van der Waals surface area contributed by atoms with E-state index in [9.17, 15) is 5.26 Å². The van der Waals surface area contributed by atoms with Crippen LogP contribution < -0.4 is 10.6 Å². The lowest BCUT2D eigenvalue weighted by molar-refractivity contribution is 0.816. The van der Waals surface area contributed by atoms with E-state index in [-0.39, 0.29) is 0 Å². The molecule has 110 valence electrons. The Morgan fingerprint density at radius 1 is 1.10 bits per heavy atom. The van der Waals surface area contributed by atoms with Crippen LogP contribution in [0.2, 0.25) is 0 Å². The van der Waals surface area contributed by atoms with Crippen LogP contribution in [0, 0.1) is 11.3 Å².